The van der Waals surface area contributed by atoms with Crippen LogP contribution < -0.4 is 5.32 Å². The van der Waals surface area contributed by atoms with Gasteiger partial charge in [-0.05, 0) is 24.6 Å². The normalized spacial score (nSPS) is 13.8. The fourth-order valence-electron chi connectivity index (χ4n) is 1.71. The molecule has 1 rings (SSSR count). The highest BCUT2D eigenvalue weighted by molar-refractivity contribution is 5.73. The molecule has 19 heavy (non-hydrogen) atoms. The van der Waals surface area contributed by atoms with Gasteiger partial charge in [-0.25, -0.2) is 0 Å². The van der Waals surface area contributed by atoms with Crippen LogP contribution in [-0.2, 0) is 14.3 Å². The summed E-state index contributed by atoms with van der Waals surface area (Å²) in [5.74, 6) is -0.716. The maximum absolute atomic E-state index is 11.1. The van der Waals surface area contributed by atoms with Crippen molar-refractivity contribution in [3.8, 4) is 11.5 Å². The Kier molecular flexibility index (Phi) is 5.59. The third kappa shape index (κ3) is 4.11. The summed E-state index contributed by atoms with van der Waals surface area (Å²) in [5.41, 5.74) is 0.595. The number of aromatic hydroxyl groups is 2. The molecule has 0 aliphatic rings. The highest BCUT2D eigenvalue weighted by Crippen LogP contribution is 2.30. The van der Waals surface area contributed by atoms with Crippen LogP contribution in [0.1, 0.15) is 25.5 Å². The second-order valence-electron chi connectivity index (χ2n) is 3.98. The fraction of sp³-hybridized carbons (Fsp3) is 0.462. The van der Waals surface area contributed by atoms with Crippen molar-refractivity contribution in [1.29, 1.82) is 0 Å². The summed E-state index contributed by atoms with van der Waals surface area (Å²) in [7, 11) is 1.45. The molecule has 1 amide bonds. The zero-order valence-corrected chi connectivity index (χ0v) is 11.2. The van der Waals surface area contributed by atoms with Crippen molar-refractivity contribution in [1.82, 2.24) is 5.32 Å². The van der Waals surface area contributed by atoms with E-state index in [0.717, 1.165) is 0 Å². The van der Waals surface area contributed by atoms with Crippen LogP contribution in [0, 0.1) is 0 Å². The zero-order valence-electron chi connectivity index (χ0n) is 11.2. The van der Waals surface area contributed by atoms with E-state index < -0.39 is 12.3 Å². The molecule has 0 saturated carbocycles. The number of phenolic OH excluding ortho intramolecular Hbond substituents is 2. The van der Waals surface area contributed by atoms with Crippen molar-refractivity contribution in [2.45, 2.75) is 26.2 Å². The molecule has 0 aliphatic heterocycles. The van der Waals surface area contributed by atoms with Gasteiger partial charge in [0.2, 0.25) is 5.91 Å². The van der Waals surface area contributed by atoms with E-state index in [1.807, 2.05) is 6.92 Å². The molecular formula is C13H19NO5. The van der Waals surface area contributed by atoms with Crippen LogP contribution in [0.3, 0.4) is 0 Å². The Bertz CT molecular complexity index is 435. The third-order valence-electron chi connectivity index (χ3n) is 2.55. The lowest BCUT2D eigenvalue weighted by Gasteiger charge is -2.26. The Balaban J connectivity index is 3.03. The molecule has 0 unspecified atom stereocenters. The number of amides is 1. The maximum atomic E-state index is 11.1. The van der Waals surface area contributed by atoms with E-state index in [1.54, 1.807) is 6.07 Å². The number of ether oxygens (including phenoxy) is 2. The Morgan fingerprint density at radius 2 is 2.05 bits per heavy atom. The predicted octanol–water partition coefficient (Wildman–Crippen LogP) is 1.28. The van der Waals surface area contributed by atoms with Crippen LogP contribution in [0.5, 0.6) is 11.5 Å². The van der Waals surface area contributed by atoms with Crippen LogP contribution in [0.25, 0.3) is 0 Å². The van der Waals surface area contributed by atoms with Gasteiger partial charge in [0.1, 0.15) is 6.10 Å². The number of nitrogens with one attached hydrogen (secondary N) is 1. The number of hydrogen-bond donors (Lipinski definition) is 3. The first-order chi connectivity index (χ1) is 8.99. The quantitative estimate of drug-likeness (QED) is 0.535. The molecule has 6 nitrogen and oxygen atoms in total. The fourth-order valence-corrected chi connectivity index (χ4v) is 1.71. The standard InChI is InChI=1S/C13H19NO5/c1-4-19-12(13(18-3)14-8(2)15)9-5-6-10(16)11(17)7-9/h5-7,12-13,16-17H,4H2,1-3H3,(H,14,15)/t12-,13+/m1/s1. The molecule has 0 aliphatic carbocycles. The topological polar surface area (TPSA) is 88.0 Å². The van der Waals surface area contributed by atoms with E-state index in [0.29, 0.717) is 12.2 Å². The monoisotopic (exact) mass is 269 g/mol. The molecule has 0 saturated heterocycles. The van der Waals surface area contributed by atoms with Crippen molar-refractivity contribution in [2.24, 2.45) is 0 Å². The van der Waals surface area contributed by atoms with Crippen molar-refractivity contribution in [3.63, 3.8) is 0 Å². The van der Waals surface area contributed by atoms with E-state index in [2.05, 4.69) is 5.32 Å². The van der Waals surface area contributed by atoms with Gasteiger partial charge in [0.25, 0.3) is 0 Å². The predicted molar refractivity (Wildman–Crippen MR) is 68.8 cm³/mol. The summed E-state index contributed by atoms with van der Waals surface area (Å²) in [5, 5.41) is 21.4. The summed E-state index contributed by atoms with van der Waals surface area (Å²) in [4.78, 5) is 11.1. The Labute approximate surface area is 112 Å². The van der Waals surface area contributed by atoms with Gasteiger partial charge in [0.05, 0.1) is 0 Å². The van der Waals surface area contributed by atoms with Crippen molar-refractivity contribution in [3.05, 3.63) is 23.8 Å². The number of phenols is 2. The van der Waals surface area contributed by atoms with Gasteiger partial charge in [-0.3, -0.25) is 4.79 Å². The Morgan fingerprint density at radius 1 is 1.37 bits per heavy atom. The molecule has 1 aromatic carbocycles. The average molecular weight is 269 g/mol. The van der Waals surface area contributed by atoms with E-state index in [1.165, 1.54) is 26.2 Å². The van der Waals surface area contributed by atoms with Gasteiger partial charge in [-0.2, -0.15) is 0 Å². The molecule has 0 radical (unpaired) electrons. The molecule has 2 atom stereocenters. The number of rotatable bonds is 6. The molecule has 6 heteroatoms. The van der Waals surface area contributed by atoms with Gasteiger partial charge in [0, 0.05) is 20.6 Å². The minimum atomic E-state index is -0.679. The molecule has 0 heterocycles. The number of hydrogen-bond acceptors (Lipinski definition) is 5. The first-order valence-electron chi connectivity index (χ1n) is 5.93. The van der Waals surface area contributed by atoms with Gasteiger partial charge < -0.3 is 25.0 Å². The van der Waals surface area contributed by atoms with Crippen molar-refractivity contribution < 1.29 is 24.5 Å². The summed E-state index contributed by atoms with van der Waals surface area (Å²) in [6, 6.07) is 4.34. The maximum Gasteiger partial charge on any atom is 0.218 e. The summed E-state index contributed by atoms with van der Waals surface area (Å²) in [6.45, 7) is 3.60. The lowest BCUT2D eigenvalue weighted by atomic mass is 10.1. The van der Waals surface area contributed by atoms with Gasteiger partial charge in [0.15, 0.2) is 17.7 Å². The van der Waals surface area contributed by atoms with Crippen LogP contribution in [-0.4, -0.2) is 36.1 Å². The highest BCUT2D eigenvalue weighted by Gasteiger charge is 2.25. The van der Waals surface area contributed by atoms with E-state index in [9.17, 15) is 15.0 Å². The number of carbonyl (C=O) groups is 1. The van der Waals surface area contributed by atoms with Crippen LogP contribution >= 0.6 is 0 Å². The van der Waals surface area contributed by atoms with Gasteiger partial charge in [-0.15, -0.1) is 0 Å². The smallest absolute Gasteiger partial charge is 0.218 e. The lowest BCUT2D eigenvalue weighted by Crippen LogP contribution is -2.40. The molecular weight excluding hydrogens is 250 g/mol. The van der Waals surface area contributed by atoms with E-state index in [4.69, 9.17) is 9.47 Å². The molecule has 0 spiro atoms. The summed E-state index contributed by atoms with van der Waals surface area (Å²) < 4.78 is 10.7. The largest absolute Gasteiger partial charge is 0.504 e. The van der Waals surface area contributed by atoms with Gasteiger partial charge in [-0.1, -0.05) is 6.07 Å². The van der Waals surface area contributed by atoms with Crippen molar-refractivity contribution >= 4 is 5.91 Å². The molecule has 0 aromatic heterocycles. The van der Waals surface area contributed by atoms with Crippen LogP contribution in [0.4, 0.5) is 0 Å². The van der Waals surface area contributed by atoms with Gasteiger partial charge >= 0.3 is 0 Å². The third-order valence-corrected chi connectivity index (χ3v) is 2.55. The minimum absolute atomic E-state index is 0.215. The molecule has 3 N–H and O–H groups in total. The molecule has 106 valence electrons. The number of carbonyl (C=O) groups excluding carboxylic acids is 1. The lowest BCUT2D eigenvalue weighted by molar-refractivity contribution is -0.129. The minimum Gasteiger partial charge on any atom is -0.504 e. The second-order valence-corrected chi connectivity index (χ2v) is 3.98. The Hall–Kier alpha value is -1.79. The molecule has 0 fully saturated rings. The zero-order chi connectivity index (χ0) is 14.4. The first kappa shape index (κ1) is 15.3. The first-order valence-corrected chi connectivity index (χ1v) is 5.93. The average Bonchev–Trinajstić information content (AvgIpc) is 2.36. The SMILES string of the molecule is CCO[C@H](c1ccc(O)c(O)c1)[C@@H](NC(C)=O)OC. The van der Waals surface area contributed by atoms with E-state index in [-0.39, 0.29) is 17.4 Å². The molecule has 0 bridgehead atoms. The van der Waals surface area contributed by atoms with Crippen LogP contribution in [0.2, 0.25) is 0 Å². The number of benzene rings is 1. The molecule has 1 aromatic rings. The number of methoxy groups -OCH3 is 1. The summed E-state index contributed by atoms with van der Waals surface area (Å²) >= 11 is 0. The van der Waals surface area contributed by atoms with Crippen molar-refractivity contribution in [2.75, 3.05) is 13.7 Å². The second kappa shape index (κ2) is 6.96. The van der Waals surface area contributed by atoms with Crippen LogP contribution in [0.15, 0.2) is 18.2 Å². The highest BCUT2D eigenvalue weighted by atomic mass is 16.5. The summed E-state index contributed by atoms with van der Waals surface area (Å²) in [6.07, 6.45) is -1.26. The van der Waals surface area contributed by atoms with E-state index >= 15 is 0 Å². The Morgan fingerprint density at radius 3 is 2.53 bits per heavy atom.